The summed E-state index contributed by atoms with van der Waals surface area (Å²) in [6.07, 6.45) is 5.33. The van der Waals surface area contributed by atoms with Crippen LogP contribution in [0.25, 0.3) is 11.6 Å². The molecule has 0 aliphatic heterocycles. The fourth-order valence-corrected chi connectivity index (χ4v) is 3.48. The predicted octanol–water partition coefficient (Wildman–Crippen LogP) is 3.78. The van der Waals surface area contributed by atoms with Crippen molar-refractivity contribution in [1.82, 2.24) is 19.5 Å². The summed E-state index contributed by atoms with van der Waals surface area (Å²) in [7, 11) is 0. The molecule has 148 valence electrons. The van der Waals surface area contributed by atoms with Gasteiger partial charge in [0.05, 0.1) is 24.3 Å². The second kappa shape index (κ2) is 8.70. The predicted molar refractivity (Wildman–Crippen MR) is 110 cm³/mol. The van der Waals surface area contributed by atoms with Crippen molar-refractivity contribution < 1.29 is 13.9 Å². The monoisotopic (exact) mass is 409 g/mol. The Hall–Kier alpha value is -3.46. The van der Waals surface area contributed by atoms with Gasteiger partial charge in [-0.05, 0) is 43.3 Å². The van der Waals surface area contributed by atoms with E-state index in [-0.39, 0.29) is 11.7 Å². The average molecular weight is 409 g/mol. The normalized spacial score (nSPS) is 10.8. The number of carbonyl (C=O) groups is 1. The molecule has 0 spiro atoms. The zero-order chi connectivity index (χ0) is 20.1. The Morgan fingerprint density at radius 3 is 2.72 bits per heavy atom. The highest BCUT2D eigenvalue weighted by Gasteiger charge is 2.19. The lowest BCUT2D eigenvalue weighted by atomic mass is 10.3. The lowest BCUT2D eigenvalue weighted by molar-refractivity contribution is -0.113. The van der Waals surface area contributed by atoms with Gasteiger partial charge < -0.3 is 14.5 Å². The van der Waals surface area contributed by atoms with Crippen molar-refractivity contribution in [3.8, 4) is 17.3 Å². The van der Waals surface area contributed by atoms with E-state index in [0.29, 0.717) is 34.8 Å². The SMILES string of the molecule is CCOc1ccccc1NC(=O)CSc1nnc(-c2ccco2)n1-n1cccc1. The number of thioether (sulfide) groups is 1. The van der Waals surface area contributed by atoms with Crippen LogP contribution in [-0.4, -0.2) is 37.8 Å². The number of aromatic nitrogens is 4. The van der Waals surface area contributed by atoms with E-state index in [0.717, 1.165) is 0 Å². The summed E-state index contributed by atoms with van der Waals surface area (Å²) in [6.45, 7) is 2.43. The van der Waals surface area contributed by atoms with Crippen molar-refractivity contribution >= 4 is 23.4 Å². The number of carbonyl (C=O) groups excluding carboxylic acids is 1. The zero-order valence-electron chi connectivity index (χ0n) is 15.7. The first-order valence-electron chi connectivity index (χ1n) is 9.03. The third-order valence-corrected chi connectivity index (χ3v) is 4.89. The second-order valence-electron chi connectivity index (χ2n) is 5.92. The Morgan fingerprint density at radius 1 is 1.14 bits per heavy atom. The molecule has 0 aliphatic carbocycles. The number of para-hydroxylation sites is 2. The molecule has 0 unspecified atom stereocenters. The van der Waals surface area contributed by atoms with Gasteiger partial charge in [0.25, 0.3) is 0 Å². The Kier molecular flexibility index (Phi) is 5.66. The maximum Gasteiger partial charge on any atom is 0.234 e. The minimum absolute atomic E-state index is 0.163. The highest BCUT2D eigenvalue weighted by molar-refractivity contribution is 7.99. The zero-order valence-corrected chi connectivity index (χ0v) is 16.5. The van der Waals surface area contributed by atoms with Crippen molar-refractivity contribution in [3.63, 3.8) is 0 Å². The highest BCUT2D eigenvalue weighted by atomic mass is 32.2. The van der Waals surface area contributed by atoms with Gasteiger partial charge >= 0.3 is 0 Å². The molecule has 1 amide bonds. The molecule has 4 aromatic rings. The van der Waals surface area contributed by atoms with Crippen LogP contribution in [0.5, 0.6) is 5.75 Å². The molecular formula is C20H19N5O3S. The summed E-state index contributed by atoms with van der Waals surface area (Å²) in [5, 5.41) is 11.9. The van der Waals surface area contributed by atoms with Crippen molar-refractivity contribution in [2.75, 3.05) is 17.7 Å². The molecule has 1 aromatic carbocycles. The van der Waals surface area contributed by atoms with Crippen LogP contribution >= 0.6 is 11.8 Å². The first-order valence-corrected chi connectivity index (χ1v) is 10.0. The van der Waals surface area contributed by atoms with Crippen LogP contribution in [0.1, 0.15) is 6.92 Å². The smallest absolute Gasteiger partial charge is 0.234 e. The molecule has 29 heavy (non-hydrogen) atoms. The molecule has 0 saturated heterocycles. The molecule has 3 heterocycles. The van der Waals surface area contributed by atoms with Gasteiger partial charge in [-0.1, -0.05) is 23.9 Å². The molecule has 8 nitrogen and oxygen atoms in total. The Labute approximate surface area is 171 Å². The maximum absolute atomic E-state index is 12.5. The van der Waals surface area contributed by atoms with Crippen LogP contribution in [0.2, 0.25) is 0 Å². The van der Waals surface area contributed by atoms with Gasteiger partial charge in [0.1, 0.15) is 5.75 Å². The number of nitrogens with one attached hydrogen (secondary N) is 1. The van der Waals surface area contributed by atoms with E-state index in [9.17, 15) is 4.79 Å². The van der Waals surface area contributed by atoms with Crippen LogP contribution in [0.15, 0.2) is 76.8 Å². The number of anilines is 1. The Morgan fingerprint density at radius 2 is 1.97 bits per heavy atom. The summed E-state index contributed by atoms with van der Waals surface area (Å²) < 4.78 is 14.7. The summed E-state index contributed by atoms with van der Waals surface area (Å²) in [5.41, 5.74) is 0.642. The van der Waals surface area contributed by atoms with Crippen molar-refractivity contribution in [2.45, 2.75) is 12.1 Å². The molecule has 0 atom stereocenters. The number of ether oxygens (including phenoxy) is 1. The minimum Gasteiger partial charge on any atom is -0.492 e. The van der Waals surface area contributed by atoms with Crippen LogP contribution in [0.4, 0.5) is 5.69 Å². The standard InChI is InChI=1S/C20H19N5O3S/c1-2-27-16-9-4-3-8-15(16)21-18(26)14-29-20-23-22-19(17-10-7-13-28-17)25(20)24-11-5-6-12-24/h3-13H,2,14H2,1H3,(H,21,26). The number of hydrogen-bond donors (Lipinski definition) is 1. The molecule has 0 saturated carbocycles. The number of amides is 1. The van der Waals surface area contributed by atoms with Crippen molar-refractivity contribution in [3.05, 3.63) is 67.2 Å². The van der Waals surface area contributed by atoms with E-state index < -0.39 is 0 Å². The largest absolute Gasteiger partial charge is 0.492 e. The third kappa shape index (κ3) is 4.19. The topological polar surface area (TPSA) is 87.1 Å². The summed E-state index contributed by atoms with van der Waals surface area (Å²) in [6, 6.07) is 14.8. The van der Waals surface area contributed by atoms with Gasteiger partial charge in [-0.2, -0.15) is 0 Å². The molecule has 3 aromatic heterocycles. The highest BCUT2D eigenvalue weighted by Crippen LogP contribution is 2.26. The first-order chi connectivity index (χ1) is 14.3. The number of nitrogens with zero attached hydrogens (tertiary/aromatic N) is 4. The molecule has 4 rings (SSSR count). The van der Waals surface area contributed by atoms with Gasteiger partial charge in [-0.15, -0.1) is 10.2 Å². The number of hydrogen-bond acceptors (Lipinski definition) is 6. The first kappa shape index (κ1) is 18.9. The second-order valence-corrected chi connectivity index (χ2v) is 6.87. The number of furan rings is 1. The van der Waals surface area contributed by atoms with Crippen LogP contribution in [-0.2, 0) is 4.79 Å². The quantitative estimate of drug-likeness (QED) is 0.446. The number of rotatable bonds is 8. The molecule has 0 radical (unpaired) electrons. The lowest BCUT2D eigenvalue weighted by Crippen LogP contribution is -2.16. The van der Waals surface area contributed by atoms with Gasteiger partial charge in [0.2, 0.25) is 16.9 Å². The van der Waals surface area contributed by atoms with Gasteiger partial charge in [0.15, 0.2) is 5.76 Å². The number of benzene rings is 1. The van der Waals surface area contributed by atoms with E-state index >= 15 is 0 Å². The van der Waals surface area contributed by atoms with Crippen LogP contribution in [0.3, 0.4) is 0 Å². The molecule has 0 aliphatic rings. The fourth-order valence-electron chi connectivity index (χ4n) is 2.75. The summed E-state index contributed by atoms with van der Waals surface area (Å²) in [5.74, 6) is 1.79. The lowest BCUT2D eigenvalue weighted by Gasteiger charge is -2.12. The van der Waals surface area contributed by atoms with Gasteiger partial charge in [-0.3, -0.25) is 9.47 Å². The Bertz CT molecular complexity index is 1070. The average Bonchev–Trinajstić information content (AvgIpc) is 3.48. The van der Waals surface area contributed by atoms with E-state index in [1.807, 2.05) is 66.5 Å². The molecular weight excluding hydrogens is 390 g/mol. The van der Waals surface area contributed by atoms with Gasteiger partial charge in [0, 0.05) is 12.4 Å². The van der Waals surface area contributed by atoms with E-state index in [1.54, 1.807) is 17.0 Å². The van der Waals surface area contributed by atoms with E-state index in [1.165, 1.54) is 11.8 Å². The van der Waals surface area contributed by atoms with Crippen LogP contribution < -0.4 is 10.1 Å². The van der Waals surface area contributed by atoms with E-state index in [4.69, 9.17) is 9.15 Å². The third-order valence-electron chi connectivity index (χ3n) is 3.97. The molecule has 1 N–H and O–H groups in total. The van der Waals surface area contributed by atoms with E-state index in [2.05, 4.69) is 15.5 Å². The molecule has 9 heteroatoms. The Balaban J connectivity index is 1.51. The van der Waals surface area contributed by atoms with Crippen molar-refractivity contribution in [1.29, 1.82) is 0 Å². The summed E-state index contributed by atoms with van der Waals surface area (Å²) >= 11 is 1.28. The maximum atomic E-state index is 12.5. The minimum atomic E-state index is -0.163. The van der Waals surface area contributed by atoms with Crippen molar-refractivity contribution in [2.24, 2.45) is 0 Å². The van der Waals surface area contributed by atoms with Gasteiger partial charge in [-0.25, -0.2) is 4.68 Å². The molecule has 0 bridgehead atoms. The van der Waals surface area contributed by atoms with Crippen LogP contribution in [0, 0.1) is 0 Å². The molecule has 0 fully saturated rings. The fraction of sp³-hybridized carbons (Fsp3) is 0.150. The summed E-state index contributed by atoms with van der Waals surface area (Å²) in [4.78, 5) is 12.5.